The fraction of sp³-hybridized carbons (Fsp3) is 0.636. The number of rotatable bonds is 12. The van der Waals surface area contributed by atoms with Crippen LogP contribution in [0.5, 0.6) is 5.75 Å². The molecule has 0 saturated carbocycles. The standard InChI is InChI=1S/C22H33N2O6P/c1-4-17(5-2)14-28-22(26)16(3)23-31(27,30-19-9-7-6-8-10-19)29-15-20-21(25)18-11-12-24(20)13-18/h6-10,16-18,20H,4-5,11-15H2,1-3H3,(H,23,27)/t16-,18?,20+,31?/m0/s1. The molecule has 31 heavy (non-hydrogen) atoms. The van der Waals surface area contributed by atoms with Crippen molar-refractivity contribution in [2.24, 2.45) is 11.8 Å². The third-order valence-electron chi connectivity index (χ3n) is 6.08. The minimum Gasteiger partial charge on any atom is -0.464 e. The van der Waals surface area contributed by atoms with E-state index in [0.717, 1.165) is 32.4 Å². The van der Waals surface area contributed by atoms with E-state index in [-0.39, 0.29) is 24.2 Å². The Balaban J connectivity index is 1.64. The van der Waals surface area contributed by atoms with E-state index in [1.54, 1.807) is 31.2 Å². The third-order valence-corrected chi connectivity index (χ3v) is 7.73. The number of carbonyl (C=O) groups excluding carboxylic acids is 2. The number of hydrogen-bond acceptors (Lipinski definition) is 7. The van der Waals surface area contributed by atoms with Crippen molar-refractivity contribution in [3.05, 3.63) is 30.3 Å². The van der Waals surface area contributed by atoms with E-state index < -0.39 is 25.8 Å². The zero-order valence-electron chi connectivity index (χ0n) is 18.5. The largest absolute Gasteiger partial charge is 0.464 e. The van der Waals surface area contributed by atoms with Crippen LogP contribution >= 0.6 is 7.75 Å². The van der Waals surface area contributed by atoms with Crippen LogP contribution in [0.1, 0.15) is 40.0 Å². The summed E-state index contributed by atoms with van der Waals surface area (Å²) in [7, 11) is -3.94. The zero-order chi connectivity index (χ0) is 22.4. The highest BCUT2D eigenvalue weighted by Gasteiger charge is 2.46. The molecule has 3 rings (SSSR count). The molecule has 5 atom stereocenters. The van der Waals surface area contributed by atoms with Gasteiger partial charge < -0.3 is 9.26 Å². The Morgan fingerprint density at radius 1 is 1.26 bits per heavy atom. The lowest BCUT2D eigenvalue weighted by Crippen LogP contribution is -2.41. The van der Waals surface area contributed by atoms with Crippen LogP contribution in [-0.2, 0) is 23.4 Å². The highest BCUT2D eigenvalue weighted by molar-refractivity contribution is 7.52. The van der Waals surface area contributed by atoms with Crippen LogP contribution < -0.4 is 9.61 Å². The Bertz CT molecular complexity index is 800. The van der Waals surface area contributed by atoms with Crippen molar-refractivity contribution in [2.75, 3.05) is 26.3 Å². The van der Waals surface area contributed by atoms with E-state index in [1.807, 2.05) is 24.8 Å². The van der Waals surface area contributed by atoms with Crippen LogP contribution in [0.2, 0.25) is 0 Å². The van der Waals surface area contributed by atoms with E-state index >= 15 is 0 Å². The number of piperidine rings is 1. The van der Waals surface area contributed by atoms with Crippen LogP contribution in [0.25, 0.3) is 0 Å². The number of hydrogen-bond donors (Lipinski definition) is 1. The Kier molecular flexibility index (Phi) is 8.28. The third kappa shape index (κ3) is 6.16. The maximum absolute atomic E-state index is 13.5. The van der Waals surface area contributed by atoms with Gasteiger partial charge in [0.1, 0.15) is 11.8 Å². The SMILES string of the molecule is CCC(CC)COC(=O)[C@H](C)NP(=O)(OC[C@@H]1C(=O)C2CCN1C2)Oc1ccccc1. The van der Waals surface area contributed by atoms with Gasteiger partial charge in [0, 0.05) is 12.5 Å². The molecule has 0 amide bonds. The molecule has 0 aliphatic carbocycles. The second kappa shape index (κ2) is 10.7. The minimum atomic E-state index is -3.94. The molecule has 0 aromatic heterocycles. The molecule has 172 valence electrons. The van der Waals surface area contributed by atoms with Gasteiger partial charge in [-0.25, -0.2) is 4.57 Å². The summed E-state index contributed by atoms with van der Waals surface area (Å²) < 4.78 is 30.2. The fourth-order valence-corrected chi connectivity index (χ4v) is 5.46. The molecule has 1 aromatic carbocycles. The van der Waals surface area contributed by atoms with Gasteiger partial charge in [-0.2, -0.15) is 5.09 Å². The number of nitrogens with one attached hydrogen (secondary N) is 1. The second-order valence-electron chi connectivity index (χ2n) is 8.26. The molecule has 0 radical (unpaired) electrons. The number of ether oxygens (including phenoxy) is 1. The number of fused-ring (bicyclic) bond motifs is 2. The average Bonchev–Trinajstić information content (AvgIpc) is 3.35. The maximum Gasteiger partial charge on any atom is 0.459 e. The maximum atomic E-state index is 13.5. The Labute approximate surface area is 184 Å². The number of para-hydroxylation sites is 1. The highest BCUT2D eigenvalue weighted by atomic mass is 31.2. The molecule has 3 unspecified atom stereocenters. The number of nitrogens with zero attached hydrogens (tertiary/aromatic N) is 1. The molecule has 2 aliphatic rings. The zero-order valence-corrected chi connectivity index (χ0v) is 19.4. The van der Waals surface area contributed by atoms with Crippen LogP contribution in [0.4, 0.5) is 0 Å². The van der Waals surface area contributed by atoms with Gasteiger partial charge in [0.15, 0.2) is 5.78 Å². The number of esters is 1. The summed E-state index contributed by atoms with van der Waals surface area (Å²) >= 11 is 0. The molecular weight excluding hydrogens is 419 g/mol. The summed E-state index contributed by atoms with van der Waals surface area (Å²) in [6.07, 6.45) is 2.69. The van der Waals surface area contributed by atoms with Crippen LogP contribution in [0.3, 0.4) is 0 Å². The van der Waals surface area contributed by atoms with Crippen LogP contribution in [0, 0.1) is 11.8 Å². The topological polar surface area (TPSA) is 94.2 Å². The smallest absolute Gasteiger partial charge is 0.459 e. The number of benzene rings is 1. The minimum absolute atomic E-state index is 0.0370. The predicted molar refractivity (Wildman–Crippen MR) is 117 cm³/mol. The molecular formula is C22H33N2O6P. The number of Topliss-reactive ketones (excluding diaryl/α,β-unsaturated/α-hetero) is 1. The molecule has 8 nitrogen and oxygen atoms in total. The van der Waals surface area contributed by atoms with E-state index in [0.29, 0.717) is 12.4 Å². The Morgan fingerprint density at radius 2 is 1.97 bits per heavy atom. The first-order chi connectivity index (χ1) is 14.8. The summed E-state index contributed by atoms with van der Waals surface area (Å²) in [5.41, 5.74) is 0. The van der Waals surface area contributed by atoms with Gasteiger partial charge in [0.05, 0.1) is 19.3 Å². The van der Waals surface area contributed by atoms with E-state index in [4.69, 9.17) is 13.8 Å². The summed E-state index contributed by atoms with van der Waals surface area (Å²) in [6, 6.07) is 7.28. The lowest BCUT2D eigenvalue weighted by Gasteiger charge is -2.27. The van der Waals surface area contributed by atoms with Gasteiger partial charge >= 0.3 is 13.7 Å². The molecule has 9 heteroatoms. The average molecular weight is 452 g/mol. The molecule has 2 heterocycles. The van der Waals surface area contributed by atoms with Gasteiger partial charge in [0.2, 0.25) is 0 Å². The van der Waals surface area contributed by atoms with E-state index in [1.165, 1.54) is 0 Å². The van der Waals surface area contributed by atoms with E-state index in [9.17, 15) is 14.2 Å². The fourth-order valence-electron chi connectivity index (χ4n) is 3.96. The number of carbonyl (C=O) groups is 2. The summed E-state index contributed by atoms with van der Waals surface area (Å²) in [5.74, 6) is 0.269. The monoisotopic (exact) mass is 452 g/mol. The van der Waals surface area contributed by atoms with Gasteiger partial charge in [0.25, 0.3) is 0 Å². The van der Waals surface area contributed by atoms with Gasteiger partial charge in [-0.15, -0.1) is 0 Å². The van der Waals surface area contributed by atoms with Crippen molar-refractivity contribution < 1.29 is 27.9 Å². The molecule has 0 spiro atoms. The van der Waals surface area contributed by atoms with Crippen LogP contribution in [0.15, 0.2) is 30.3 Å². The Hall–Kier alpha value is -1.73. The van der Waals surface area contributed by atoms with Crippen molar-refractivity contribution in [1.82, 2.24) is 9.99 Å². The van der Waals surface area contributed by atoms with Gasteiger partial charge in [-0.1, -0.05) is 44.9 Å². The second-order valence-corrected chi connectivity index (χ2v) is 9.95. The molecule has 2 bridgehead atoms. The van der Waals surface area contributed by atoms with Crippen molar-refractivity contribution >= 4 is 19.5 Å². The van der Waals surface area contributed by atoms with E-state index in [2.05, 4.69) is 5.09 Å². The van der Waals surface area contributed by atoms with Crippen molar-refractivity contribution in [2.45, 2.75) is 52.1 Å². The quantitative estimate of drug-likeness (QED) is 0.381. The normalized spacial score (nSPS) is 25.4. The van der Waals surface area contributed by atoms with Gasteiger partial charge in [-0.05, 0) is 37.9 Å². The van der Waals surface area contributed by atoms with Crippen LogP contribution in [-0.4, -0.2) is 55.0 Å². The lowest BCUT2D eigenvalue weighted by atomic mass is 9.99. The first-order valence-electron chi connectivity index (χ1n) is 11.1. The van der Waals surface area contributed by atoms with Crippen molar-refractivity contribution in [3.63, 3.8) is 0 Å². The summed E-state index contributed by atoms with van der Waals surface area (Å²) in [5, 5.41) is 2.69. The van der Waals surface area contributed by atoms with Crippen molar-refractivity contribution in [3.8, 4) is 5.75 Å². The first-order valence-corrected chi connectivity index (χ1v) is 12.6. The molecule has 2 fully saturated rings. The highest BCUT2D eigenvalue weighted by Crippen LogP contribution is 2.46. The molecule has 1 N–H and O–H groups in total. The Morgan fingerprint density at radius 3 is 2.58 bits per heavy atom. The van der Waals surface area contributed by atoms with Crippen molar-refractivity contribution in [1.29, 1.82) is 0 Å². The summed E-state index contributed by atoms with van der Waals surface area (Å²) in [4.78, 5) is 26.9. The molecule has 1 aromatic rings. The van der Waals surface area contributed by atoms with Gasteiger partial charge in [-0.3, -0.25) is 19.0 Å². The molecule has 2 saturated heterocycles. The lowest BCUT2D eigenvalue weighted by molar-refractivity contribution is -0.146. The molecule has 2 aliphatic heterocycles. The predicted octanol–water partition coefficient (Wildman–Crippen LogP) is 3.42. The summed E-state index contributed by atoms with van der Waals surface area (Å²) in [6.45, 7) is 7.48. The number of ketones is 1. The first kappa shape index (κ1) is 23.9.